The number of nitrogens with one attached hydrogen (secondary N) is 2. The summed E-state index contributed by atoms with van der Waals surface area (Å²) in [7, 11) is -3.92. The highest BCUT2D eigenvalue weighted by atomic mass is 32.2. The third-order valence-electron chi connectivity index (χ3n) is 4.93. The molecule has 178 valence electrons. The Kier molecular flexibility index (Phi) is 6.64. The van der Waals surface area contributed by atoms with Crippen LogP contribution in [0.25, 0.3) is 11.3 Å². The molecule has 10 nitrogen and oxygen atoms in total. The summed E-state index contributed by atoms with van der Waals surface area (Å²) in [6.45, 7) is 1.50. The third kappa shape index (κ3) is 5.55. The molecule has 2 N–H and O–H groups in total. The number of carbonyl (C=O) groups is 1. The van der Waals surface area contributed by atoms with Gasteiger partial charge in [0.05, 0.1) is 10.6 Å². The normalized spacial score (nSPS) is 12.1. The Balaban J connectivity index is 1.48. The highest BCUT2D eigenvalue weighted by Gasteiger charge is 2.20. The first-order chi connectivity index (χ1) is 16.7. The Morgan fingerprint density at radius 2 is 1.63 bits per heavy atom. The van der Waals surface area contributed by atoms with Crippen molar-refractivity contribution in [3.05, 3.63) is 95.3 Å². The number of amides is 1. The lowest BCUT2D eigenvalue weighted by Crippen LogP contribution is -2.33. The van der Waals surface area contributed by atoms with Crippen LogP contribution in [-0.4, -0.2) is 34.1 Å². The first-order valence-corrected chi connectivity index (χ1v) is 11.8. The van der Waals surface area contributed by atoms with Gasteiger partial charge in [0.15, 0.2) is 0 Å². The average molecular weight is 495 g/mol. The number of benzene rings is 2. The van der Waals surface area contributed by atoms with Crippen molar-refractivity contribution in [3.63, 3.8) is 0 Å². The Bertz CT molecular complexity index is 1510. The van der Waals surface area contributed by atoms with Crippen LogP contribution in [0, 0.1) is 5.82 Å². The molecule has 2 aromatic carbocycles. The fourth-order valence-corrected chi connectivity index (χ4v) is 4.04. The van der Waals surface area contributed by atoms with Crippen LogP contribution in [0.4, 0.5) is 16.0 Å². The van der Waals surface area contributed by atoms with E-state index in [1.807, 2.05) is 0 Å². The minimum absolute atomic E-state index is 0.0547. The predicted octanol–water partition coefficient (Wildman–Crippen LogP) is 2.84. The van der Waals surface area contributed by atoms with Crippen LogP contribution >= 0.6 is 0 Å². The van der Waals surface area contributed by atoms with E-state index in [1.165, 1.54) is 80.0 Å². The number of sulfonamides is 1. The lowest BCUT2D eigenvalue weighted by molar-refractivity contribution is -0.119. The van der Waals surface area contributed by atoms with E-state index < -0.39 is 33.3 Å². The molecule has 0 aliphatic heterocycles. The fraction of sp³-hybridized carbons (Fsp3) is 0.0870. The zero-order valence-electron chi connectivity index (χ0n) is 18.3. The van der Waals surface area contributed by atoms with Crippen LogP contribution < -0.4 is 15.6 Å². The lowest BCUT2D eigenvalue weighted by atomic mass is 10.1. The molecule has 1 atom stereocenters. The molecule has 2 aromatic heterocycles. The molecule has 0 radical (unpaired) electrons. The van der Waals surface area contributed by atoms with Gasteiger partial charge in [-0.15, -0.1) is 0 Å². The number of aromatic nitrogens is 4. The van der Waals surface area contributed by atoms with Crippen molar-refractivity contribution < 1.29 is 17.6 Å². The van der Waals surface area contributed by atoms with Crippen molar-refractivity contribution in [1.82, 2.24) is 19.7 Å². The topological polar surface area (TPSA) is 136 Å². The Hall–Kier alpha value is -4.45. The van der Waals surface area contributed by atoms with Gasteiger partial charge in [-0.25, -0.2) is 32.2 Å². The van der Waals surface area contributed by atoms with E-state index in [1.54, 1.807) is 6.07 Å². The van der Waals surface area contributed by atoms with Gasteiger partial charge in [-0.1, -0.05) is 0 Å². The molecule has 35 heavy (non-hydrogen) atoms. The number of hydrogen-bond acceptors (Lipinski definition) is 7. The summed E-state index contributed by atoms with van der Waals surface area (Å²) in [6, 6.07) is 14.4. The van der Waals surface area contributed by atoms with Gasteiger partial charge in [-0.2, -0.15) is 5.10 Å². The zero-order chi connectivity index (χ0) is 25.0. The molecule has 0 bridgehead atoms. The van der Waals surface area contributed by atoms with Crippen LogP contribution in [0.1, 0.15) is 13.0 Å². The summed E-state index contributed by atoms with van der Waals surface area (Å²) in [5.41, 5.74) is 0.807. The fourth-order valence-electron chi connectivity index (χ4n) is 3.08. The van der Waals surface area contributed by atoms with Crippen molar-refractivity contribution in [2.45, 2.75) is 17.9 Å². The van der Waals surface area contributed by atoms with Gasteiger partial charge in [0.2, 0.25) is 11.9 Å². The Labute approximate surface area is 199 Å². The third-order valence-corrected chi connectivity index (χ3v) is 6.28. The molecule has 4 aromatic rings. The summed E-state index contributed by atoms with van der Waals surface area (Å²) >= 11 is 0. The second kappa shape index (κ2) is 9.81. The standard InChI is InChI=1S/C23H19FN6O4S/c1-15(30-21(31)12-11-20(28-30)16-3-5-17(24)6-4-16)22(32)27-18-7-9-19(10-8-18)35(33,34)29-23-25-13-2-14-26-23/h2-15H,1H3,(H,27,32)(H,25,26,29). The summed E-state index contributed by atoms with van der Waals surface area (Å²) in [5, 5.41) is 6.88. The number of carbonyl (C=O) groups excluding carboxylic acids is 1. The van der Waals surface area contributed by atoms with E-state index in [0.29, 0.717) is 16.9 Å². The second-order valence-corrected chi connectivity index (χ2v) is 9.06. The lowest BCUT2D eigenvalue weighted by Gasteiger charge is -2.15. The van der Waals surface area contributed by atoms with Crippen LogP contribution in [0.3, 0.4) is 0 Å². The number of hydrogen-bond donors (Lipinski definition) is 2. The van der Waals surface area contributed by atoms with E-state index in [0.717, 1.165) is 4.68 Å². The second-order valence-electron chi connectivity index (χ2n) is 7.38. The molecule has 0 saturated carbocycles. The van der Waals surface area contributed by atoms with E-state index in [9.17, 15) is 22.4 Å². The maximum atomic E-state index is 13.2. The maximum Gasteiger partial charge on any atom is 0.267 e. The van der Waals surface area contributed by atoms with Crippen molar-refractivity contribution in [2.24, 2.45) is 0 Å². The molecule has 2 heterocycles. The number of halogens is 1. The molecule has 12 heteroatoms. The van der Waals surface area contributed by atoms with Gasteiger partial charge in [0, 0.05) is 29.7 Å². The van der Waals surface area contributed by atoms with Gasteiger partial charge in [0.1, 0.15) is 11.9 Å². The van der Waals surface area contributed by atoms with E-state index in [-0.39, 0.29) is 10.8 Å². The molecule has 1 unspecified atom stereocenters. The first kappa shape index (κ1) is 23.7. The summed E-state index contributed by atoms with van der Waals surface area (Å²) in [6.07, 6.45) is 2.81. The van der Waals surface area contributed by atoms with Gasteiger partial charge in [0.25, 0.3) is 15.6 Å². The minimum atomic E-state index is -3.92. The number of rotatable bonds is 7. The molecule has 0 aliphatic carbocycles. The molecule has 0 fully saturated rings. The molecule has 0 saturated heterocycles. The highest BCUT2D eigenvalue weighted by molar-refractivity contribution is 7.92. The summed E-state index contributed by atoms with van der Waals surface area (Å²) < 4.78 is 41.5. The van der Waals surface area contributed by atoms with Crippen LogP contribution in [0.5, 0.6) is 0 Å². The van der Waals surface area contributed by atoms with Crippen LogP contribution in [0.15, 0.2) is 88.8 Å². The molecule has 1 amide bonds. The molecule has 0 aliphatic rings. The van der Waals surface area contributed by atoms with Gasteiger partial charge < -0.3 is 5.32 Å². The van der Waals surface area contributed by atoms with Crippen LogP contribution in [0.2, 0.25) is 0 Å². The Morgan fingerprint density at radius 1 is 0.971 bits per heavy atom. The Morgan fingerprint density at radius 3 is 2.29 bits per heavy atom. The average Bonchev–Trinajstić information content (AvgIpc) is 2.85. The molecular weight excluding hydrogens is 475 g/mol. The monoisotopic (exact) mass is 494 g/mol. The minimum Gasteiger partial charge on any atom is -0.324 e. The molecular formula is C23H19FN6O4S. The highest BCUT2D eigenvalue weighted by Crippen LogP contribution is 2.19. The predicted molar refractivity (Wildman–Crippen MR) is 127 cm³/mol. The SMILES string of the molecule is CC(C(=O)Nc1ccc(S(=O)(=O)Nc2ncccn2)cc1)n1nc(-c2ccc(F)cc2)ccc1=O. The zero-order valence-corrected chi connectivity index (χ0v) is 19.1. The van der Waals surface area contributed by atoms with E-state index in [4.69, 9.17) is 0 Å². The first-order valence-electron chi connectivity index (χ1n) is 10.3. The van der Waals surface area contributed by atoms with E-state index in [2.05, 4.69) is 25.1 Å². The maximum absolute atomic E-state index is 13.2. The molecule has 4 rings (SSSR count). The number of nitrogens with zero attached hydrogens (tertiary/aromatic N) is 4. The van der Waals surface area contributed by atoms with Gasteiger partial charge in [-0.05, 0) is 67.6 Å². The largest absolute Gasteiger partial charge is 0.324 e. The van der Waals surface area contributed by atoms with Gasteiger partial charge >= 0.3 is 0 Å². The van der Waals surface area contributed by atoms with Crippen molar-refractivity contribution in [2.75, 3.05) is 10.0 Å². The number of anilines is 2. The summed E-state index contributed by atoms with van der Waals surface area (Å²) in [5.74, 6) is -1.01. The van der Waals surface area contributed by atoms with Crippen molar-refractivity contribution >= 4 is 27.6 Å². The van der Waals surface area contributed by atoms with E-state index >= 15 is 0 Å². The van der Waals surface area contributed by atoms with Gasteiger partial charge in [-0.3, -0.25) is 9.59 Å². The summed E-state index contributed by atoms with van der Waals surface area (Å²) in [4.78, 5) is 32.7. The smallest absolute Gasteiger partial charge is 0.267 e. The molecule has 0 spiro atoms. The van der Waals surface area contributed by atoms with Crippen LogP contribution in [-0.2, 0) is 14.8 Å². The van der Waals surface area contributed by atoms with Crippen molar-refractivity contribution in [1.29, 1.82) is 0 Å². The van der Waals surface area contributed by atoms with Crippen molar-refractivity contribution in [3.8, 4) is 11.3 Å². The quantitative estimate of drug-likeness (QED) is 0.403.